The van der Waals surface area contributed by atoms with Gasteiger partial charge in [-0.05, 0) is 24.6 Å². The zero-order valence-corrected chi connectivity index (χ0v) is 9.64. The number of hydrogen-bond acceptors (Lipinski definition) is 2. The van der Waals surface area contributed by atoms with Crippen LogP contribution in [0, 0.1) is 0 Å². The molecule has 0 aliphatic heterocycles. The van der Waals surface area contributed by atoms with Crippen molar-refractivity contribution in [2.75, 3.05) is 0 Å². The quantitative estimate of drug-likeness (QED) is 0.788. The van der Waals surface area contributed by atoms with Crippen molar-refractivity contribution in [2.45, 2.75) is 13.3 Å². The maximum atomic E-state index is 5.91. The fourth-order valence-corrected chi connectivity index (χ4v) is 1.56. The molecule has 2 nitrogen and oxygen atoms in total. The Morgan fingerprint density at radius 2 is 2.00 bits per heavy atom. The van der Waals surface area contributed by atoms with Crippen LogP contribution in [0.3, 0.4) is 0 Å². The van der Waals surface area contributed by atoms with Crippen LogP contribution in [0.1, 0.15) is 12.6 Å². The molecule has 0 unspecified atom stereocenters. The predicted molar refractivity (Wildman–Crippen MR) is 61.3 cm³/mol. The van der Waals surface area contributed by atoms with E-state index in [9.17, 15) is 0 Å². The van der Waals surface area contributed by atoms with Gasteiger partial charge < -0.3 is 4.52 Å². The van der Waals surface area contributed by atoms with Crippen LogP contribution in [-0.2, 0) is 6.42 Å². The molecule has 1 aromatic carbocycles. The number of aryl methyl sites for hydroxylation is 1. The van der Waals surface area contributed by atoms with Gasteiger partial charge in [0, 0.05) is 11.6 Å². The standard InChI is InChI=1S/C11H9Cl2NO/c1-2-8-6-11(15-14-8)7-3-4-9(12)10(13)5-7/h3-6H,2H2,1H3. The van der Waals surface area contributed by atoms with Gasteiger partial charge in [0.2, 0.25) is 0 Å². The molecule has 0 spiro atoms. The Morgan fingerprint density at radius 1 is 1.20 bits per heavy atom. The summed E-state index contributed by atoms with van der Waals surface area (Å²) >= 11 is 11.7. The van der Waals surface area contributed by atoms with Gasteiger partial charge in [-0.3, -0.25) is 0 Å². The minimum absolute atomic E-state index is 0.517. The number of benzene rings is 1. The Bertz CT molecular complexity index is 479. The molecule has 0 radical (unpaired) electrons. The highest BCUT2D eigenvalue weighted by Gasteiger charge is 2.07. The molecule has 0 fully saturated rings. The summed E-state index contributed by atoms with van der Waals surface area (Å²) in [5.74, 6) is 0.713. The fourth-order valence-electron chi connectivity index (χ4n) is 1.26. The summed E-state index contributed by atoms with van der Waals surface area (Å²) in [4.78, 5) is 0. The van der Waals surface area contributed by atoms with E-state index in [2.05, 4.69) is 5.16 Å². The number of hydrogen-bond donors (Lipinski definition) is 0. The minimum Gasteiger partial charge on any atom is -0.356 e. The highest BCUT2D eigenvalue weighted by Crippen LogP contribution is 2.28. The lowest BCUT2D eigenvalue weighted by Gasteiger charge is -1.97. The van der Waals surface area contributed by atoms with E-state index in [4.69, 9.17) is 27.7 Å². The van der Waals surface area contributed by atoms with Gasteiger partial charge in [0.1, 0.15) is 0 Å². The molecule has 1 aromatic heterocycles. The third kappa shape index (κ3) is 2.16. The topological polar surface area (TPSA) is 26.0 Å². The molecule has 0 atom stereocenters. The highest BCUT2D eigenvalue weighted by atomic mass is 35.5. The molecule has 2 rings (SSSR count). The Morgan fingerprint density at radius 3 is 2.60 bits per heavy atom. The highest BCUT2D eigenvalue weighted by molar-refractivity contribution is 6.42. The molecule has 0 aliphatic carbocycles. The van der Waals surface area contributed by atoms with Crippen LogP contribution >= 0.6 is 23.2 Å². The maximum Gasteiger partial charge on any atom is 0.167 e. The molecule has 0 aliphatic rings. The van der Waals surface area contributed by atoms with E-state index in [1.54, 1.807) is 12.1 Å². The maximum absolute atomic E-state index is 5.91. The molecule has 1 heterocycles. The SMILES string of the molecule is CCc1cc(-c2ccc(Cl)c(Cl)c2)on1. The zero-order valence-electron chi connectivity index (χ0n) is 8.13. The first-order valence-electron chi connectivity index (χ1n) is 4.61. The number of aromatic nitrogens is 1. The summed E-state index contributed by atoms with van der Waals surface area (Å²) in [6.07, 6.45) is 0.852. The van der Waals surface area contributed by atoms with E-state index < -0.39 is 0 Å². The van der Waals surface area contributed by atoms with Gasteiger partial charge >= 0.3 is 0 Å². The van der Waals surface area contributed by atoms with Crippen LogP contribution in [0.4, 0.5) is 0 Å². The van der Waals surface area contributed by atoms with Crippen LogP contribution in [0.2, 0.25) is 10.0 Å². The first kappa shape index (κ1) is 10.5. The third-order valence-corrected chi connectivity index (χ3v) is 2.86. The van der Waals surface area contributed by atoms with Crippen LogP contribution in [0.5, 0.6) is 0 Å². The average molecular weight is 242 g/mol. The Hall–Kier alpha value is -0.990. The second-order valence-electron chi connectivity index (χ2n) is 3.16. The smallest absolute Gasteiger partial charge is 0.167 e. The molecule has 78 valence electrons. The Labute approximate surface area is 97.8 Å². The molecule has 0 saturated carbocycles. The van der Waals surface area contributed by atoms with E-state index >= 15 is 0 Å². The molecular weight excluding hydrogens is 233 g/mol. The van der Waals surface area contributed by atoms with Crippen LogP contribution < -0.4 is 0 Å². The van der Waals surface area contributed by atoms with E-state index in [0.717, 1.165) is 17.7 Å². The molecule has 2 aromatic rings. The van der Waals surface area contributed by atoms with Crippen molar-refractivity contribution >= 4 is 23.2 Å². The minimum atomic E-state index is 0.517. The van der Waals surface area contributed by atoms with Crippen molar-refractivity contribution in [3.63, 3.8) is 0 Å². The number of halogens is 2. The lowest BCUT2D eigenvalue weighted by molar-refractivity contribution is 0.424. The summed E-state index contributed by atoms with van der Waals surface area (Å²) < 4.78 is 5.18. The van der Waals surface area contributed by atoms with Gasteiger partial charge in [-0.2, -0.15) is 0 Å². The monoisotopic (exact) mass is 241 g/mol. The summed E-state index contributed by atoms with van der Waals surface area (Å²) in [5.41, 5.74) is 1.81. The molecule has 0 bridgehead atoms. The first-order chi connectivity index (χ1) is 7.20. The lowest BCUT2D eigenvalue weighted by Crippen LogP contribution is -1.75. The van der Waals surface area contributed by atoms with Crippen molar-refractivity contribution < 1.29 is 4.52 Å². The van der Waals surface area contributed by atoms with E-state index in [1.807, 2.05) is 19.1 Å². The normalized spacial score (nSPS) is 10.6. The van der Waals surface area contributed by atoms with Crippen molar-refractivity contribution in [1.29, 1.82) is 0 Å². The van der Waals surface area contributed by atoms with Crippen LogP contribution in [0.15, 0.2) is 28.8 Å². The third-order valence-electron chi connectivity index (χ3n) is 2.13. The largest absolute Gasteiger partial charge is 0.356 e. The van der Waals surface area contributed by atoms with E-state index in [0.29, 0.717) is 15.8 Å². The van der Waals surface area contributed by atoms with Crippen LogP contribution in [0.25, 0.3) is 11.3 Å². The Balaban J connectivity index is 2.40. The van der Waals surface area contributed by atoms with Gasteiger partial charge in [0.25, 0.3) is 0 Å². The summed E-state index contributed by atoms with van der Waals surface area (Å²) in [7, 11) is 0. The summed E-state index contributed by atoms with van der Waals surface area (Å²) in [5, 5.41) is 4.97. The molecule has 0 amide bonds. The number of nitrogens with zero attached hydrogens (tertiary/aromatic N) is 1. The second kappa shape index (κ2) is 4.25. The van der Waals surface area contributed by atoms with Crippen molar-refractivity contribution in [3.8, 4) is 11.3 Å². The van der Waals surface area contributed by atoms with Gasteiger partial charge in [0.05, 0.1) is 15.7 Å². The second-order valence-corrected chi connectivity index (χ2v) is 3.98. The van der Waals surface area contributed by atoms with Gasteiger partial charge in [-0.1, -0.05) is 35.3 Å². The average Bonchev–Trinajstić information content (AvgIpc) is 2.70. The molecule has 15 heavy (non-hydrogen) atoms. The molecule has 0 N–H and O–H groups in total. The summed E-state index contributed by atoms with van der Waals surface area (Å²) in [6.45, 7) is 2.02. The van der Waals surface area contributed by atoms with E-state index in [1.165, 1.54) is 0 Å². The first-order valence-corrected chi connectivity index (χ1v) is 5.37. The van der Waals surface area contributed by atoms with Crippen molar-refractivity contribution in [2.24, 2.45) is 0 Å². The van der Waals surface area contributed by atoms with Crippen molar-refractivity contribution in [3.05, 3.63) is 40.0 Å². The predicted octanol–water partition coefficient (Wildman–Crippen LogP) is 4.21. The molecule has 4 heteroatoms. The zero-order chi connectivity index (χ0) is 10.8. The Kier molecular flexibility index (Phi) is 2.98. The van der Waals surface area contributed by atoms with Gasteiger partial charge in [-0.25, -0.2) is 0 Å². The van der Waals surface area contributed by atoms with E-state index in [-0.39, 0.29) is 0 Å². The number of rotatable bonds is 2. The van der Waals surface area contributed by atoms with Gasteiger partial charge in [-0.15, -0.1) is 0 Å². The molecule has 0 saturated heterocycles. The van der Waals surface area contributed by atoms with Gasteiger partial charge in [0.15, 0.2) is 5.76 Å². The lowest BCUT2D eigenvalue weighted by atomic mass is 10.1. The van der Waals surface area contributed by atoms with Crippen molar-refractivity contribution in [1.82, 2.24) is 5.16 Å². The van der Waals surface area contributed by atoms with Crippen LogP contribution in [-0.4, -0.2) is 5.16 Å². The summed E-state index contributed by atoms with van der Waals surface area (Å²) in [6, 6.07) is 7.27. The molecular formula is C11H9Cl2NO. The fraction of sp³-hybridized carbons (Fsp3) is 0.182.